The lowest BCUT2D eigenvalue weighted by molar-refractivity contribution is -1.03. The minimum atomic E-state index is 0.625. The van der Waals surface area contributed by atoms with E-state index in [1.54, 1.807) is 6.07 Å². The van der Waals surface area contributed by atoms with Gasteiger partial charge in [0.05, 0.1) is 6.07 Å². The zero-order valence-electron chi connectivity index (χ0n) is 3.03. The summed E-state index contributed by atoms with van der Waals surface area (Å²) < 4.78 is 4.31. The molecule has 0 aromatic carbocycles. The van der Waals surface area contributed by atoms with Gasteiger partial charge in [-0.05, 0) is 0 Å². The zero-order chi connectivity index (χ0) is 4.41. The van der Waals surface area contributed by atoms with Crippen molar-refractivity contribution in [1.29, 1.82) is 0 Å². The minimum absolute atomic E-state index is 0.625. The van der Waals surface area contributed by atoms with Gasteiger partial charge in [0, 0.05) is 0 Å². The first-order valence-electron chi connectivity index (χ1n) is 1.54. The average molecular weight is 86.1 g/mol. The van der Waals surface area contributed by atoms with Gasteiger partial charge < -0.3 is 0 Å². The number of nitrogens with zero attached hydrogens (tertiary/aromatic N) is 1. The highest BCUT2D eigenvalue weighted by Crippen LogP contribution is 1.68. The number of rotatable bonds is 0. The van der Waals surface area contributed by atoms with Crippen LogP contribution in [0.4, 0.5) is 0 Å². The molecule has 1 aromatic heterocycles. The van der Waals surface area contributed by atoms with Gasteiger partial charge in [0.2, 0.25) is 0 Å². The molecule has 0 bridgehead atoms. The molecule has 0 saturated heterocycles. The van der Waals surface area contributed by atoms with E-state index >= 15 is 0 Å². The molecular formula is C3H4NO2+. The second-order valence-electron chi connectivity index (χ2n) is 0.886. The van der Waals surface area contributed by atoms with Crippen molar-refractivity contribution in [2.45, 2.75) is 0 Å². The maximum absolute atomic E-state index is 8.22. The first-order chi connectivity index (χ1) is 2.89. The third kappa shape index (κ3) is 0.337. The summed E-state index contributed by atoms with van der Waals surface area (Å²) in [5.41, 5.74) is 0. The van der Waals surface area contributed by atoms with Crippen LogP contribution in [0.3, 0.4) is 0 Å². The van der Waals surface area contributed by atoms with Crippen molar-refractivity contribution in [3.8, 4) is 0 Å². The predicted molar refractivity (Wildman–Crippen MR) is 16.1 cm³/mol. The fourth-order valence-corrected chi connectivity index (χ4v) is 0.241. The third-order valence-corrected chi connectivity index (χ3v) is 0.461. The highest BCUT2D eigenvalue weighted by molar-refractivity contribution is 4.62. The molecule has 0 aliphatic heterocycles. The van der Waals surface area contributed by atoms with Crippen LogP contribution in [-0.2, 0) is 0 Å². The van der Waals surface area contributed by atoms with Crippen LogP contribution < -0.4 is 4.90 Å². The van der Waals surface area contributed by atoms with E-state index in [0.29, 0.717) is 4.90 Å². The monoisotopic (exact) mass is 86.0 g/mol. The van der Waals surface area contributed by atoms with Gasteiger partial charge in [-0.3, -0.25) is 0 Å². The molecule has 0 atom stereocenters. The van der Waals surface area contributed by atoms with Crippen LogP contribution in [0.15, 0.2) is 23.0 Å². The second-order valence-corrected chi connectivity index (χ2v) is 0.886. The van der Waals surface area contributed by atoms with Crippen molar-refractivity contribution >= 4 is 0 Å². The summed E-state index contributed by atoms with van der Waals surface area (Å²) in [5.74, 6) is 0. The molecular weight excluding hydrogens is 82.0 g/mol. The Morgan fingerprint density at radius 1 is 1.67 bits per heavy atom. The van der Waals surface area contributed by atoms with E-state index in [9.17, 15) is 0 Å². The van der Waals surface area contributed by atoms with Crippen LogP contribution in [0, 0.1) is 0 Å². The van der Waals surface area contributed by atoms with E-state index in [1.807, 2.05) is 0 Å². The quantitative estimate of drug-likeness (QED) is 0.444. The lowest BCUT2D eigenvalue weighted by Crippen LogP contribution is -2.24. The molecule has 32 valence electrons. The van der Waals surface area contributed by atoms with Crippen molar-refractivity contribution in [3.05, 3.63) is 18.5 Å². The second kappa shape index (κ2) is 1.01. The molecule has 6 heavy (non-hydrogen) atoms. The lowest BCUT2D eigenvalue weighted by atomic mass is 10.8. The van der Waals surface area contributed by atoms with Crippen molar-refractivity contribution in [2.24, 2.45) is 0 Å². The van der Waals surface area contributed by atoms with E-state index < -0.39 is 0 Å². The molecule has 0 unspecified atom stereocenters. The Morgan fingerprint density at radius 2 is 2.50 bits per heavy atom. The topological polar surface area (TPSA) is 37.2 Å². The minimum Gasteiger partial charge on any atom is -0.244 e. The Morgan fingerprint density at radius 3 is 2.67 bits per heavy atom. The highest BCUT2D eigenvalue weighted by Gasteiger charge is 1.88. The van der Waals surface area contributed by atoms with Crippen LogP contribution in [0.5, 0.6) is 0 Å². The van der Waals surface area contributed by atoms with Gasteiger partial charge in [-0.25, -0.2) is 5.21 Å². The van der Waals surface area contributed by atoms with Crippen molar-refractivity contribution < 1.29 is 14.6 Å². The van der Waals surface area contributed by atoms with Gasteiger partial charge in [0.1, 0.15) is 0 Å². The van der Waals surface area contributed by atoms with Crippen molar-refractivity contribution in [2.75, 3.05) is 0 Å². The van der Waals surface area contributed by atoms with Crippen LogP contribution in [0.2, 0.25) is 0 Å². The van der Waals surface area contributed by atoms with E-state index in [2.05, 4.69) is 4.52 Å². The Bertz CT molecular complexity index is 112. The lowest BCUT2D eigenvalue weighted by Gasteiger charge is -1.58. The van der Waals surface area contributed by atoms with Gasteiger partial charge in [-0.1, -0.05) is 0 Å². The van der Waals surface area contributed by atoms with E-state index in [0.717, 1.165) is 0 Å². The van der Waals surface area contributed by atoms with Gasteiger partial charge in [0.15, 0.2) is 11.2 Å². The van der Waals surface area contributed by atoms with Crippen molar-refractivity contribution in [1.82, 2.24) is 0 Å². The van der Waals surface area contributed by atoms with Gasteiger partial charge in [-0.2, -0.15) is 4.52 Å². The van der Waals surface area contributed by atoms with E-state index in [1.165, 1.54) is 12.5 Å². The summed E-state index contributed by atoms with van der Waals surface area (Å²) in [4.78, 5) is 0.625. The molecule has 1 rings (SSSR count). The first-order valence-corrected chi connectivity index (χ1v) is 1.54. The number of aromatic nitrogens is 1. The maximum atomic E-state index is 8.22. The number of hydrogen-bond donors (Lipinski definition) is 1. The SMILES string of the molecule is O[n+]1ccco1. The van der Waals surface area contributed by atoms with Crippen LogP contribution in [0.1, 0.15) is 0 Å². The molecule has 0 fully saturated rings. The molecule has 3 heteroatoms. The van der Waals surface area contributed by atoms with Gasteiger partial charge in [-0.15, -0.1) is 0 Å². The Hall–Kier alpha value is -0.990. The summed E-state index contributed by atoms with van der Waals surface area (Å²) in [5, 5.41) is 8.22. The van der Waals surface area contributed by atoms with Gasteiger partial charge in [0.25, 0.3) is 6.20 Å². The third-order valence-electron chi connectivity index (χ3n) is 0.461. The van der Waals surface area contributed by atoms with E-state index in [-0.39, 0.29) is 0 Å². The summed E-state index contributed by atoms with van der Waals surface area (Å²) in [6.07, 6.45) is 2.76. The van der Waals surface area contributed by atoms with Crippen molar-refractivity contribution in [3.63, 3.8) is 0 Å². The summed E-state index contributed by atoms with van der Waals surface area (Å²) in [7, 11) is 0. The fraction of sp³-hybridized carbons (Fsp3) is 0. The molecule has 0 radical (unpaired) electrons. The smallest absolute Gasteiger partial charge is 0.244 e. The standard InChI is InChI=1S/C3H4NO2/c5-4-2-1-3-6-4/h1-3,5H/q+1. The molecule has 0 spiro atoms. The normalized spacial score (nSPS) is 8.67. The van der Waals surface area contributed by atoms with Gasteiger partial charge >= 0.3 is 0 Å². The first kappa shape index (κ1) is 3.21. The summed E-state index contributed by atoms with van der Waals surface area (Å²) >= 11 is 0. The molecule has 1 aromatic rings. The van der Waals surface area contributed by atoms with Crippen LogP contribution >= 0.6 is 0 Å². The molecule has 3 nitrogen and oxygen atoms in total. The van der Waals surface area contributed by atoms with Crippen LogP contribution in [0.25, 0.3) is 0 Å². The zero-order valence-corrected chi connectivity index (χ0v) is 3.03. The van der Waals surface area contributed by atoms with E-state index in [4.69, 9.17) is 5.21 Å². The molecule has 0 aliphatic carbocycles. The summed E-state index contributed by atoms with van der Waals surface area (Å²) in [6, 6.07) is 1.58. The Labute approximate surface area is 34.4 Å². The molecule has 1 N–H and O–H groups in total. The fourth-order valence-electron chi connectivity index (χ4n) is 0.241. The van der Waals surface area contributed by atoms with Crippen LogP contribution in [-0.4, -0.2) is 5.21 Å². The maximum Gasteiger partial charge on any atom is 0.280 e. The highest BCUT2D eigenvalue weighted by atomic mass is 16.7. The predicted octanol–water partition coefficient (Wildman–Crippen LogP) is -0.196. The largest absolute Gasteiger partial charge is 0.280 e. The average Bonchev–Trinajstić information content (AvgIpc) is 1.86. The Balaban J connectivity index is 3.05. The number of hydrogen-bond acceptors (Lipinski definition) is 2. The Kier molecular flexibility index (Phi) is 0.538. The molecule has 0 saturated carbocycles. The summed E-state index contributed by atoms with van der Waals surface area (Å²) in [6.45, 7) is 0. The molecule has 0 aliphatic rings. The molecule has 0 amide bonds. The molecule has 1 heterocycles.